The van der Waals surface area contributed by atoms with Crippen molar-refractivity contribution in [1.29, 1.82) is 0 Å². The third-order valence-electron chi connectivity index (χ3n) is 3.72. The lowest BCUT2D eigenvalue weighted by molar-refractivity contribution is 0.315. The summed E-state index contributed by atoms with van der Waals surface area (Å²) in [6.07, 6.45) is 2.32. The Balaban J connectivity index is 2.00. The second-order valence-electron chi connectivity index (χ2n) is 4.84. The van der Waals surface area contributed by atoms with E-state index in [2.05, 4.69) is 22.4 Å². The number of hydrogen-bond donors (Lipinski definition) is 1. The van der Waals surface area contributed by atoms with Crippen LogP contribution in [0.15, 0.2) is 40.0 Å². The van der Waals surface area contributed by atoms with Crippen molar-refractivity contribution in [2.24, 2.45) is 5.16 Å². The maximum absolute atomic E-state index is 9.26. The topological polar surface area (TPSA) is 58.6 Å². The molecule has 4 nitrogen and oxygen atoms in total. The molecule has 0 saturated carbocycles. The molecule has 0 aliphatic heterocycles. The van der Waals surface area contributed by atoms with E-state index in [9.17, 15) is 5.21 Å². The molecule has 98 valence electrons. The minimum atomic E-state index is 0.289. The lowest BCUT2D eigenvalue weighted by Gasteiger charge is -2.22. The van der Waals surface area contributed by atoms with E-state index in [0.29, 0.717) is 5.71 Å². The minimum Gasteiger partial charge on any atom is -0.411 e. The van der Waals surface area contributed by atoms with Gasteiger partial charge in [0, 0.05) is 12.8 Å². The zero-order valence-electron chi connectivity index (χ0n) is 10.8. The maximum Gasteiger partial charge on any atom is 0.146 e. The van der Waals surface area contributed by atoms with E-state index in [1.165, 1.54) is 5.56 Å². The Kier molecular flexibility index (Phi) is 3.07. The second kappa shape index (κ2) is 4.88. The van der Waals surface area contributed by atoms with E-state index in [4.69, 9.17) is 4.52 Å². The Morgan fingerprint density at radius 1 is 1.32 bits per heavy atom. The maximum atomic E-state index is 9.26. The summed E-state index contributed by atoms with van der Waals surface area (Å²) in [5, 5.41) is 16.8. The summed E-state index contributed by atoms with van der Waals surface area (Å²) in [7, 11) is 0. The average Bonchev–Trinajstić information content (AvgIpc) is 2.90. The Morgan fingerprint density at radius 2 is 2.11 bits per heavy atom. The SMILES string of the molecule is CCc1noc2c1C(=NO)C[C@H](c1ccccc1)C2. The molecule has 1 aliphatic rings. The molecular weight excluding hydrogens is 240 g/mol. The quantitative estimate of drug-likeness (QED) is 0.663. The fourth-order valence-corrected chi connectivity index (χ4v) is 2.75. The fraction of sp³-hybridized carbons (Fsp3) is 0.333. The number of fused-ring (bicyclic) bond motifs is 1. The Labute approximate surface area is 111 Å². The molecule has 1 N–H and O–H groups in total. The van der Waals surface area contributed by atoms with Gasteiger partial charge in [0.2, 0.25) is 0 Å². The van der Waals surface area contributed by atoms with Crippen LogP contribution in [0.4, 0.5) is 0 Å². The van der Waals surface area contributed by atoms with Crippen molar-refractivity contribution >= 4 is 5.71 Å². The highest BCUT2D eigenvalue weighted by Crippen LogP contribution is 2.34. The van der Waals surface area contributed by atoms with Crippen molar-refractivity contribution in [3.8, 4) is 0 Å². The highest BCUT2D eigenvalue weighted by Gasteiger charge is 2.31. The highest BCUT2D eigenvalue weighted by molar-refractivity contribution is 6.03. The zero-order chi connectivity index (χ0) is 13.2. The first-order valence-corrected chi connectivity index (χ1v) is 6.57. The van der Waals surface area contributed by atoms with Crippen LogP contribution < -0.4 is 0 Å². The van der Waals surface area contributed by atoms with Crippen molar-refractivity contribution in [3.63, 3.8) is 0 Å². The Bertz CT molecular complexity index is 602. The van der Waals surface area contributed by atoms with E-state index in [1.807, 2.05) is 25.1 Å². The summed E-state index contributed by atoms with van der Waals surface area (Å²) in [5.74, 6) is 1.13. The molecule has 0 fully saturated rings. The molecule has 19 heavy (non-hydrogen) atoms. The van der Waals surface area contributed by atoms with Gasteiger partial charge in [0.15, 0.2) is 0 Å². The van der Waals surface area contributed by atoms with Crippen LogP contribution in [0.5, 0.6) is 0 Å². The smallest absolute Gasteiger partial charge is 0.146 e. The molecule has 1 aliphatic carbocycles. The van der Waals surface area contributed by atoms with Crippen LogP contribution in [0.1, 0.15) is 41.8 Å². The van der Waals surface area contributed by atoms with E-state index in [1.54, 1.807) is 0 Å². The first-order chi connectivity index (χ1) is 9.33. The number of rotatable bonds is 2. The molecule has 0 bridgehead atoms. The summed E-state index contributed by atoms with van der Waals surface area (Å²) in [5.41, 5.74) is 3.73. The van der Waals surface area contributed by atoms with Gasteiger partial charge >= 0.3 is 0 Å². The molecule has 0 unspecified atom stereocenters. The standard InChI is InChI=1S/C15H16N2O2/c1-2-12-15-13(16-18)8-11(9-14(15)19-17-12)10-6-4-3-5-7-10/h3-7,11,18H,2,8-9H2,1H3/t11-/m0/s1. The van der Waals surface area contributed by atoms with Gasteiger partial charge in [-0.25, -0.2) is 0 Å². The average molecular weight is 256 g/mol. The second-order valence-corrected chi connectivity index (χ2v) is 4.84. The van der Waals surface area contributed by atoms with Crippen molar-refractivity contribution < 1.29 is 9.73 Å². The number of hydrogen-bond acceptors (Lipinski definition) is 4. The Morgan fingerprint density at radius 3 is 2.79 bits per heavy atom. The monoisotopic (exact) mass is 256 g/mol. The molecule has 3 rings (SSSR count). The van der Waals surface area contributed by atoms with Gasteiger partial charge < -0.3 is 9.73 Å². The fourth-order valence-electron chi connectivity index (χ4n) is 2.75. The zero-order valence-corrected chi connectivity index (χ0v) is 10.8. The summed E-state index contributed by atoms with van der Waals surface area (Å²) in [6, 6.07) is 10.3. The molecule has 1 aromatic heterocycles. The van der Waals surface area contributed by atoms with Crippen LogP contribution in [-0.4, -0.2) is 16.1 Å². The van der Waals surface area contributed by atoms with E-state index in [0.717, 1.165) is 36.3 Å². The molecule has 1 atom stereocenters. The van der Waals surface area contributed by atoms with Crippen LogP contribution in [0.25, 0.3) is 0 Å². The van der Waals surface area contributed by atoms with Crippen LogP contribution in [0.2, 0.25) is 0 Å². The van der Waals surface area contributed by atoms with E-state index >= 15 is 0 Å². The summed E-state index contributed by atoms with van der Waals surface area (Å²) < 4.78 is 5.42. The van der Waals surface area contributed by atoms with Gasteiger partial charge in [0.1, 0.15) is 5.76 Å². The van der Waals surface area contributed by atoms with Gasteiger partial charge in [-0.15, -0.1) is 0 Å². The molecule has 1 heterocycles. The highest BCUT2D eigenvalue weighted by atomic mass is 16.5. The first kappa shape index (κ1) is 12.0. The molecule has 0 saturated heterocycles. The number of aromatic nitrogens is 1. The number of benzene rings is 1. The largest absolute Gasteiger partial charge is 0.411 e. The van der Waals surface area contributed by atoms with Crippen molar-refractivity contribution in [1.82, 2.24) is 5.16 Å². The summed E-state index contributed by atoms with van der Waals surface area (Å²) in [4.78, 5) is 0. The number of aryl methyl sites for hydroxylation is 1. The van der Waals surface area contributed by atoms with Crippen LogP contribution >= 0.6 is 0 Å². The van der Waals surface area contributed by atoms with E-state index < -0.39 is 0 Å². The summed E-state index contributed by atoms with van der Waals surface area (Å²) in [6.45, 7) is 2.02. The number of nitrogens with zero attached hydrogens (tertiary/aromatic N) is 2. The van der Waals surface area contributed by atoms with Crippen LogP contribution in [0, 0.1) is 0 Å². The lowest BCUT2D eigenvalue weighted by Crippen LogP contribution is -2.19. The van der Waals surface area contributed by atoms with Gasteiger partial charge in [-0.05, 0) is 17.9 Å². The third-order valence-corrected chi connectivity index (χ3v) is 3.72. The van der Waals surface area contributed by atoms with Crippen molar-refractivity contribution in [2.75, 3.05) is 0 Å². The molecule has 0 amide bonds. The van der Waals surface area contributed by atoms with Gasteiger partial charge in [-0.1, -0.05) is 47.6 Å². The van der Waals surface area contributed by atoms with Crippen molar-refractivity contribution in [2.45, 2.75) is 32.1 Å². The van der Waals surface area contributed by atoms with E-state index in [-0.39, 0.29) is 5.92 Å². The molecule has 0 radical (unpaired) electrons. The van der Waals surface area contributed by atoms with Crippen LogP contribution in [0.3, 0.4) is 0 Å². The predicted octanol–water partition coefficient (Wildman–Crippen LogP) is 3.15. The Hall–Kier alpha value is -2.10. The summed E-state index contributed by atoms with van der Waals surface area (Å²) >= 11 is 0. The molecule has 1 aromatic carbocycles. The van der Waals surface area contributed by atoms with Gasteiger partial charge in [0.25, 0.3) is 0 Å². The molecule has 2 aromatic rings. The molecule has 0 spiro atoms. The lowest BCUT2D eigenvalue weighted by atomic mass is 9.81. The third kappa shape index (κ3) is 2.03. The normalized spacial score (nSPS) is 20.5. The van der Waals surface area contributed by atoms with Gasteiger partial charge in [-0.2, -0.15) is 0 Å². The van der Waals surface area contributed by atoms with Gasteiger partial charge in [-0.3, -0.25) is 0 Å². The number of oxime groups is 1. The van der Waals surface area contributed by atoms with Crippen molar-refractivity contribution in [3.05, 3.63) is 52.9 Å². The van der Waals surface area contributed by atoms with Crippen LogP contribution in [-0.2, 0) is 12.8 Å². The molecule has 4 heteroatoms. The first-order valence-electron chi connectivity index (χ1n) is 6.57. The molecular formula is C15H16N2O2. The van der Waals surface area contributed by atoms with Gasteiger partial charge in [0.05, 0.1) is 17.0 Å². The predicted molar refractivity (Wildman–Crippen MR) is 71.7 cm³/mol. The minimum absolute atomic E-state index is 0.289.